The number of aromatic nitrogens is 2. The first kappa shape index (κ1) is 29.0. The average molecular weight is 512 g/mol. The second-order valence-electron chi connectivity index (χ2n) is 8.38. The quantitative estimate of drug-likeness (QED) is 0.282. The van der Waals surface area contributed by atoms with Crippen molar-refractivity contribution in [2.24, 2.45) is 5.92 Å². The van der Waals surface area contributed by atoms with Gasteiger partial charge in [0.05, 0.1) is 5.56 Å². The summed E-state index contributed by atoms with van der Waals surface area (Å²) in [7, 11) is 0. The number of hydrogen-bond donors (Lipinski definition) is 4. The lowest BCUT2D eigenvalue weighted by molar-refractivity contribution is -0.131. The van der Waals surface area contributed by atoms with Crippen molar-refractivity contribution >= 4 is 29.4 Å². The summed E-state index contributed by atoms with van der Waals surface area (Å²) >= 11 is 0. The molecule has 1 unspecified atom stereocenters. The van der Waals surface area contributed by atoms with Gasteiger partial charge in [-0.25, -0.2) is 4.79 Å². The van der Waals surface area contributed by atoms with Crippen molar-refractivity contribution < 1.29 is 24.3 Å². The van der Waals surface area contributed by atoms with Gasteiger partial charge in [-0.05, 0) is 43.0 Å². The molecule has 3 amide bonds. The molecular weight excluding hydrogens is 478 g/mol. The number of allylic oxidation sites excluding steroid dienone is 1. The molecule has 11 heteroatoms. The minimum atomic E-state index is -1.16. The van der Waals surface area contributed by atoms with Gasteiger partial charge >= 0.3 is 5.97 Å². The summed E-state index contributed by atoms with van der Waals surface area (Å²) in [6, 6.07) is 4.88. The predicted octanol–water partition coefficient (Wildman–Crippen LogP) is 1.87. The molecule has 2 heterocycles. The van der Waals surface area contributed by atoms with Crippen LogP contribution in [0.5, 0.6) is 0 Å². The number of amides is 3. The van der Waals surface area contributed by atoms with Crippen LogP contribution < -0.4 is 21.1 Å². The fourth-order valence-electron chi connectivity index (χ4n) is 3.57. The lowest BCUT2D eigenvalue weighted by atomic mass is 10.0. The maximum Gasteiger partial charge on any atom is 0.327 e. The number of carbonyl (C=O) groups excluding carboxylic acids is 3. The van der Waals surface area contributed by atoms with Crippen molar-refractivity contribution in [1.29, 1.82) is 0 Å². The average Bonchev–Trinajstić information content (AvgIpc) is 2.90. The number of rotatable bonds is 14. The van der Waals surface area contributed by atoms with Crippen LogP contribution >= 0.6 is 0 Å². The van der Waals surface area contributed by atoms with Crippen molar-refractivity contribution in [3.8, 4) is 0 Å². The van der Waals surface area contributed by atoms with E-state index in [0.717, 1.165) is 23.8 Å². The Balaban J connectivity index is 2.33. The van der Waals surface area contributed by atoms with E-state index in [4.69, 9.17) is 5.11 Å². The number of aromatic amines is 1. The molecule has 0 aliphatic heterocycles. The van der Waals surface area contributed by atoms with Crippen LogP contribution in [0.3, 0.4) is 0 Å². The second-order valence-corrected chi connectivity index (χ2v) is 8.38. The summed E-state index contributed by atoms with van der Waals surface area (Å²) in [6.45, 7) is 4.04. The van der Waals surface area contributed by atoms with Gasteiger partial charge < -0.3 is 20.7 Å². The first-order valence-corrected chi connectivity index (χ1v) is 12.1. The van der Waals surface area contributed by atoms with Crippen LogP contribution in [0.2, 0.25) is 0 Å². The zero-order chi connectivity index (χ0) is 27.2. The second kappa shape index (κ2) is 15.0. The number of carbonyl (C=O) groups is 4. The molecule has 37 heavy (non-hydrogen) atoms. The Hall–Kier alpha value is -4.28. The zero-order valence-electron chi connectivity index (χ0n) is 21.0. The molecule has 2 aromatic heterocycles. The van der Waals surface area contributed by atoms with Gasteiger partial charge in [-0.3, -0.25) is 29.1 Å². The lowest BCUT2D eigenvalue weighted by Crippen LogP contribution is -2.52. The van der Waals surface area contributed by atoms with E-state index in [9.17, 15) is 24.0 Å². The first-order chi connectivity index (χ1) is 17.8. The minimum Gasteiger partial charge on any atom is -0.478 e. The number of nitrogens with zero attached hydrogens (tertiary/aromatic N) is 2. The van der Waals surface area contributed by atoms with Crippen LogP contribution in [0.1, 0.15) is 49.9 Å². The molecular formula is C26H33N5O6. The van der Waals surface area contributed by atoms with Gasteiger partial charge in [-0.15, -0.1) is 0 Å². The molecule has 0 fully saturated rings. The fourth-order valence-corrected chi connectivity index (χ4v) is 3.57. The molecule has 0 aliphatic carbocycles. The summed E-state index contributed by atoms with van der Waals surface area (Å²) < 4.78 is 0. The molecule has 0 bridgehead atoms. The molecule has 1 atom stereocenters. The van der Waals surface area contributed by atoms with Gasteiger partial charge in [-0.2, -0.15) is 0 Å². The van der Waals surface area contributed by atoms with Crippen LogP contribution in [-0.4, -0.2) is 57.9 Å². The monoisotopic (exact) mass is 511 g/mol. The molecule has 0 saturated heterocycles. The van der Waals surface area contributed by atoms with Crippen LogP contribution in [0, 0.1) is 5.92 Å². The van der Waals surface area contributed by atoms with E-state index in [-0.39, 0.29) is 30.0 Å². The van der Waals surface area contributed by atoms with E-state index < -0.39 is 41.8 Å². The number of pyridine rings is 2. The lowest BCUT2D eigenvalue weighted by Gasteiger charge is -2.27. The highest BCUT2D eigenvalue weighted by atomic mass is 16.4. The van der Waals surface area contributed by atoms with Gasteiger partial charge in [0.15, 0.2) is 0 Å². The van der Waals surface area contributed by atoms with Crippen LogP contribution in [0.4, 0.5) is 5.69 Å². The van der Waals surface area contributed by atoms with Gasteiger partial charge in [-0.1, -0.05) is 32.8 Å². The maximum atomic E-state index is 13.7. The van der Waals surface area contributed by atoms with E-state index in [1.54, 1.807) is 6.07 Å². The van der Waals surface area contributed by atoms with Crippen molar-refractivity contribution in [3.63, 3.8) is 0 Å². The maximum absolute atomic E-state index is 13.7. The van der Waals surface area contributed by atoms with Crippen molar-refractivity contribution in [2.45, 2.75) is 45.6 Å². The summed E-state index contributed by atoms with van der Waals surface area (Å²) in [5.74, 6) is -2.58. The van der Waals surface area contributed by atoms with Crippen LogP contribution in [0.25, 0.3) is 0 Å². The van der Waals surface area contributed by atoms with E-state index >= 15 is 0 Å². The minimum absolute atomic E-state index is 0.0330. The summed E-state index contributed by atoms with van der Waals surface area (Å²) in [5.41, 5.74) is -0.410. The Labute approximate surface area is 215 Å². The van der Waals surface area contributed by atoms with Gasteiger partial charge in [0.1, 0.15) is 18.3 Å². The molecule has 2 aromatic rings. The van der Waals surface area contributed by atoms with Crippen LogP contribution in [0.15, 0.2) is 59.8 Å². The summed E-state index contributed by atoms with van der Waals surface area (Å²) in [5, 5.41) is 14.3. The zero-order valence-corrected chi connectivity index (χ0v) is 21.0. The van der Waals surface area contributed by atoms with E-state index in [1.807, 2.05) is 13.8 Å². The standard InChI is InChI=1S/C26H33N5O6/c1-3-18(4-2)15-29-22(32)17-31(21-11-8-14-28-25(21)36)26(37)20(10-5-6-12-23(33)34)30-24(35)19-9-7-13-27-16-19/h6-9,11-14,16,18,20H,3-5,10,15,17H2,1-2H3,(H,28,36)(H,29,32)(H,30,35)(H,33,34). The highest BCUT2D eigenvalue weighted by Gasteiger charge is 2.30. The Morgan fingerprint density at radius 1 is 1.16 bits per heavy atom. The Bertz CT molecular complexity index is 1140. The third-order valence-electron chi connectivity index (χ3n) is 5.81. The number of carboxylic acid groups (broad SMARTS) is 1. The number of aliphatic carboxylic acids is 1. The fraction of sp³-hybridized carbons (Fsp3) is 0.385. The Kier molecular flexibility index (Phi) is 11.7. The van der Waals surface area contributed by atoms with Crippen molar-refractivity contribution in [3.05, 3.63) is 70.9 Å². The number of anilines is 1. The number of carboxylic acids is 1. The Morgan fingerprint density at radius 2 is 1.92 bits per heavy atom. The van der Waals surface area contributed by atoms with Crippen molar-refractivity contribution in [2.75, 3.05) is 18.0 Å². The number of nitrogens with one attached hydrogen (secondary N) is 3. The molecule has 0 saturated carbocycles. The first-order valence-electron chi connectivity index (χ1n) is 12.1. The SMILES string of the molecule is CCC(CC)CNC(=O)CN(C(=O)C(CCC=CC(=O)O)NC(=O)c1cccnc1)c1ccc[nH]c1=O. The van der Waals surface area contributed by atoms with Gasteiger partial charge in [0.2, 0.25) is 11.8 Å². The normalized spacial score (nSPS) is 11.8. The van der Waals surface area contributed by atoms with Crippen LogP contribution in [-0.2, 0) is 14.4 Å². The molecule has 0 spiro atoms. The molecule has 2 rings (SSSR count). The number of hydrogen-bond acceptors (Lipinski definition) is 6. The predicted molar refractivity (Wildman–Crippen MR) is 138 cm³/mol. The van der Waals surface area contributed by atoms with Crippen molar-refractivity contribution in [1.82, 2.24) is 20.6 Å². The molecule has 198 valence electrons. The molecule has 0 aliphatic rings. The largest absolute Gasteiger partial charge is 0.478 e. The molecule has 4 N–H and O–H groups in total. The summed E-state index contributed by atoms with van der Waals surface area (Å²) in [4.78, 5) is 70.1. The smallest absolute Gasteiger partial charge is 0.327 e. The third-order valence-corrected chi connectivity index (χ3v) is 5.81. The summed E-state index contributed by atoms with van der Waals surface area (Å²) in [6.07, 6.45) is 8.48. The Morgan fingerprint density at radius 3 is 2.54 bits per heavy atom. The van der Waals surface area contributed by atoms with Gasteiger partial charge in [0.25, 0.3) is 11.5 Å². The van der Waals surface area contributed by atoms with E-state index in [1.165, 1.54) is 42.9 Å². The highest BCUT2D eigenvalue weighted by molar-refractivity contribution is 6.04. The van der Waals surface area contributed by atoms with Gasteiger partial charge in [0, 0.05) is 31.2 Å². The molecule has 0 radical (unpaired) electrons. The highest BCUT2D eigenvalue weighted by Crippen LogP contribution is 2.13. The molecule has 11 nitrogen and oxygen atoms in total. The topological polar surface area (TPSA) is 162 Å². The molecule has 0 aromatic carbocycles. The van der Waals surface area contributed by atoms with E-state index in [2.05, 4.69) is 20.6 Å². The third kappa shape index (κ3) is 9.36. The van der Waals surface area contributed by atoms with E-state index in [0.29, 0.717) is 6.54 Å². The number of H-pyrrole nitrogens is 1.